The van der Waals surface area contributed by atoms with Crippen LogP contribution >= 0.6 is 22.6 Å². The number of fused-ring (bicyclic) bond motifs is 2. The number of hydrogen-bond acceptors (Lipinski definition) is 3. The van der Waals surface area contributed by atoms with Crippen LogP contribution in [-0.2, 0) is 0 Å². The van der Waals surface area contributed by atoms with Gasteiger partial charge >= 0.3 is 0 Å². The van der Waals surface area contributed by atoms with Crippen LogP contribution in [-0.4, -0.2) is 10.1 Å². The fraction of sp³-hybridized carbons (Fsp3) is 0.778. The van der Waals surface area contributed by atoms with E-state index in [1.54, 1.807) is 0 Å². The monoisotopic (exact) mass is 290 g/mol. The van der Waals surface area contributed by atoms with Crippen molar-refractivity contribution in [1.82, 2.24) is 10.1 Å². The van der Waals surface area contributed by atoms with Crippen LogP contribution in [0.4, 0.5) is 0 Å². The highest BCUT2D eigenvalue weighted by Crippen LogP contribution is 2.52. The van der Waals surface area contributed by atoms with Crippen LogP contribution < -0.4 is 0 Å². The van der Waals surface area contributed by atoms with Gasteiger partial charge in [0.05, 0.1) is 0 Å². The van der Waals surface area contributed by atoms with E-state index < -0.39 is 0 Å². The highest BCUT2D eigenvalue weighted by atomic mass is 127. The number of halogens is 1. The Kier molecular flexibility index (Phi) is 1.85. The largest absolute Gasteiger partial charge is 0.338 e. The molecule has 0 saturated heterocycles. The lowest BCUT2D eigenvalue weighted by atomic mass is 9.89. The van der Waals surface area contributed by atoms with Crippen molar-refractivity contribution in [2.45, 2.75) is 31.6 Å². The normalized spacial score (nSPS) is 37.2. The van der Waals surface area contributed by atoms with Crippen LogP contribution in [0.3, 0.4) is 0 Å². The summed E-state index contributed by atoms with van der Waals surface area (Å²) in [5.74, 6) is 3.24. The minimum atomic E-state index is 0.578. The molecule has 13 heavy (non-hydrogen) atoms. The number of aromatic nitrogens is 2. The molecule has 2 bridgehead atoms. The van der Waals surface area contributed by atoms with Gasteiger partial charge in [-0.2, -0.15) is 4.98 Å². The van der Waals surface area contributed by atoms with Crippen molar-refractivity contribution in [3.8, 4) is 0 Å². The summed E-state index contributed by atoms with van der Waals surface area (Å²) in [6.45, 7) is 0. The molecular weight excluding hydrogens is 279 g/mol. The molecule has 0 aliphatic heterocycles. The third-order valence-electron chi connectivity index (χ3n) is 3.47. The van der Waals surface area contributed by atoms with Crippen LogP contribution in [0.15, 0.2) is 4.52 Å². The molecule has 0 amide bonds. The van der Waals surface area contributed by atoms with E-state index in [4.69, 9.17) is 4.52 Å². The Bertz CT molecular complexity index is 325. The highest BCUT2D eigenvalue weighted by molar-refractivity contribution is 14.1. The van der Waals surface area contributed by atoms with Crippen molar-refractivity contribution in [3.63, 3.8) is 0 Å². The van der Waals surface area contributed by atoms with Gasteiger partial charge < -0.3 is 4.52 Å². The predicted octanol–water partition coefficient (Wildman–Crippen LogP) is 2.58. The zero-order chi connectivity index (χ0) is 8.84. The molecule has 70 valence electrons. The maximum atomic E-state index is 5.23. The van der Waals surface area contributed by atoms with Crippen LogP contribution in [0.2, 0.25) is 0 Å². The molecule has 0 radical (unpaired) electrons. The summed E-state index contributed by atoms with van der Waals surface area (Å²) < 4.78 is 5.98. The molecule has 3 atom stereocenters. The lowest BCUT2D eigenvalue weighted by Crippen LogP contribution is -2.08. The Balaban J connectivity index is 1.87. The van der Waals surface area contributed by atoms with Gasteiger partial charge in [-0.3, -0.25) is 0 Å². The van der Waals surface area contributed by atoms with Crippen molar-refractivity contribution < 1.29 is 4.52 Å². The molecule has 2 aliphatic rings. The van der Waals surface area contributed by atoms with E-state index in [2.05, 4.69) is 32.7 Å². The third-order valence-corrected chi connectivity index (χ3v) is 3.91. The van der Waals surface area contributed by atoms with Crippen LogP contribution in [0, 0.1) is 15.7 Å². The fourth-order valence-electron chi connectivity index (χ4n) is 2.91. The van der Waals surface area contributed by atoms with E-state index in [9.17, 15) is 0 Å². The van der Waals surface area contributed by atoms with Crippen molar-refractivity contribution in [2.75, 3.05) is 0 Å². The quantitative estimate of drug-likeness (QED) is 0.746. The molecule has 2 saturated carbocycles. The van der Waals surface area contributed by atoms with Gasteiger partial charge in [-0.15, -0.1) is 0 Å². The predicted molar refractivity (Wildman–Crippen MR) is 55.2 cm³/mol. The van der Waals surface area contributed by atoms with E-state index in [1.165, 1.54) is 25.7 Å². The van der Waals surface area contributed by atoms with Crippen molar-refractivity contribution in [3.05, 3.63) is 9.72 Å². The second kappa shape index (κ2) is 2.93. The first-order valence-corrected chi connectivity index (χ1v) is 5.90. The minimum Gasteiger partial charge on any atom is -0.338 e. The molecule has 0 aromatic carbocycles. The zero-order valence-electron chi connectivity index (χ0n) is 7.24. The molecule has 1 aromatic rings. The first kappa shape index (κ1) is 8.20. The standard InChI is InChI=1S/C9H11IN2O/c10-9-11-8(13-12-9)7-4-5-1-2-6(7)3-5/h5-7H,1-4H2. The molecule has 3 unspecified atom stereocenters. The summed E-state index contributed by atoms with van der Waals surface area (Å²) in [4.78, 5) is 4.32. The van der Waals surface area contributed by atoms with Gasteiger partial charge in [0.1, 0.15) is 0 Å². The minimum absolute atomic E-state index is 0.578. The van der Waals surface area contributed by atoms with Crippen LogP contribution in [0.1, 0.15) is 37.5 Å². The Labute approximate surface area is 90.4 Å². The van der Waals surface area contributed by atoms with E-state index in [0.29, 0.717) is 5.92 Å². The summed E-state index contributed by atoms with van der Waals surface area (Å²) in [5, 5.41) is 3.85. The molecule has 3 rings (SSSR count). The summed E-state index contributed by atoms with van der Waals surface area (Å²) in [5.41, 5.74) is 0. The molecule has 2 fully saturated rings. The molecule has 2 aliphatic carbocycles. The van der Waals surface area contributed by atoms with E-state index >= 15 is 0 Å². The second-order valence-electron chi connectivity index (χ2n) is 4.18. The van der Waals surface area contributed by atoms with Gasteiger partial charge in [-0.25, -0.2) is 0 Å². The SMILES string of the molecule is Ic1noc(C2CC3CCC2C3)n1. The average Bonchev–Trinajstić information content (AvgIpc) is 2.77. The van der Waals surface area contributed by atoms with E-state index in [-0.39, 0.29) is 0 Å². The van der Waals surface area contributed by atoms with E-state index in [1.807, 2.05) is 0 Å². The van der Waals surface area contributed by atoms with Crippen LogP contribution in [0.25, 0.3) is 0 Å². The fourth-order valence-corrected chi connectivity index (χ4v) is 3.25. The lowest BCUT2D eigenvalue weighted by molar-refractivity contribution is 0.301. The van der Waals surface area contributed by atoms with Gasteiger partial charge in [0.25, 0.3) is 0 Å². The first-order valence-electron chi connectivity index (χ1n) is 4.82. The summed E-state index contributed by atoms with van der Waals surface area (Å²) >= 11 is 2.10. The topological polar surface area (TPSA) is 38.9 Å². The lowest BCUT2D eigenvalue weighted by Gasteiger charge is -2.16. The van der Waals surface area contributed by atoms with Crippen LogP contribution in [0.5, 0.6) is 0 Å². The van der Waals surface area contributed by atoms with Crippen molar-refractivity contribution >= 4 is 22.6 Å². The van der Waals surface area contributed by atoms with Gasteiger partial charge in [0, 0.05) is 28.5 Å². The number of nitrogens with zero attached hydrogens (tertiary/aromatic N) is 2. The Morgan fingerprint density at radius 3 is 2.77 bits per heavy atom. The molecule has 0 spiro atoms. The Hall–Kier alpha value is -0.130. The molecule has 4 heteroatoms. The summed E-state index contributed by atoms with van der Waals surface area (Å²) in [6.07, 6.45) is 5.47. The number of rotatable bonds is 1. The second-order valence-corrected chi connectivity index (χ2v) is 5.15. The van der Waals surface area contributed by atoms with Gasteiger partial charge in [-0.05, 0) is 31.1 Å². The summed E-state index contributed by atoms with van der Waals surface area (Å²) in [7, 11) is 0. The molecule has 0 N–H and O–H groups in total. The highest BCUT2D eigenvalue weighted by Gasteiger charge is 2.42. The number of hydrogen-bond donors (Lipinski definition) is 0. The molecule has 1 aromatic heterocycles. The van der Waals surface area contributed by atoms with E-state index in [0.717, 1.165) is 21.6 Å². The van der Waals surface area contributed by atoms with Crippen molar-refractivity contribution in [1.29, 1.82) is 0 Å². The zero-order valence-corrected chi connectivity index (χ0v) is 9.40. The Morgan fingerprint density at radius 1 is 1.31 bits per heavy atom. The molecular formula is C9H11IN2O. The first-order chi connectivity index (χ1) is 6.33. The van der Waals surface area contributed by atoms with Gasteiger partial charge in [0.15, 0.2) is 0 Å². The summed E-state index contributed by atoms with van der Waals surface area (Å²) in [6, 6.07) is 0. The van der Waals surface area contributed by atoms with Gasteiger partial charge in [-0.1, -0.05) is 11.6 Å². The smallest absolute Gasteiger partial charge is 0.232 e. The Morgan fingerprint density at radius 2 is 2.23 bits per heavy atom. The van der Waals surface area contributed by atoms with Crippen molar-refractivity contribution in [2.24, 2.45) is 11.8 Å². The molecule has 3 nitrogen and oxygen atoms in total. The molecule has 1 heterocycles. The maximum Gasteiger partial charge on any atom is 0.232 e. The third kappa shape index (κ3) is 1.30. The maximum absolute atomic E-state index is 5.23. The van der Waals surface area contributed by atoms with Gasteiger partial charge in [0.2, 0.25) is 9.72 Å². The average molecular weight is 290 g/mol.